The third-order valence-electron chi connectivity index (χ3n) is 4.55. The van der Waals surface area contributed by atoms with Crippen molar-refractivity contribution in [3.8, 4) is 22.9 Å². The minimum atomic E-state index is -0.928. The van der Waals surface area contributed by atoms with Crippen molar-refractivity contribution in [2.45, 2.75) is 19.1 Å². The lowest BCUT2D eigenvalue weighted by atomic mass is 10.1. The summed E-state index contributed by atoms with van der Waals surface area (Å²) in [6, 6.07) is 11.1. The summed E-state index contributed by atoms with van der Waals surface area (Å²) >= 11 is 0. The van der Waals surface area contributed by atoms with Crippen LogP contribution in [0.25, 0.3) is 11.4 Å². The van der Waals surface area contributed by atoms with E-state index in [0.717, 1.165) is 0 Å². The molecule has 0 bridgehead atoms. The molecule has 0 saturated carbocycles. The van der Waals surface area contributed by atoms with Crippen LogP contribution in [0.1, 0.15) is 17.9 Å². The third-order valence-corrected chi connectivity index (χ3v) is 4.55. The first-order valence-electron chi connectivity index (χ1n) is 9.27. The van der Waals surface area contributed by atoms with Gasteiger partial charge in [-0.25, -0.2) is 9.18 Å². The highest BCUT2D eigenvalue weighted by molar-refractivity contribution is 6.03. The Morgan fingerprint density at radius 1 is 1.19 bits per heavy atom. The molecular weight excluding hydrogens is 409 g/mol. The molecule has 2 heterocycles. The van der Waals surface area contributed by atoms with E-state index in [1.54, 1.807) is 37.4 Å². The summed E-state index contributed by atoms with van der Waals surface area (Å²) in [6.07, 6.45) is -0.761. The van der Waals surface area contributed by atoms with E-state index in [4.69, 9.17) is 23.6 Å². The molecular formula is C21H18FN3O6. The van der Waals surface area contributed by atoms with Crippen molar-refractivity contribution < 1.29 is 32.8 Å². The van der Waals surface area contributed by atoms with E-state index in [1.165, 1.54) is 19.2 Å². The maximum Gasteiger partial charge on any atom is 0.351 e. The van der Waals surface area contributed by atoms with Crippen molar-refractivity contribution in [3.05, 3.63) is 59.7 Å². The van der Waals surface area contributed by atoms with Crippen molar-refractivity contribution in [2.75, 3.05) is 14.2 Å². The molecule has 0 fully saturated rings. The Labute approximate surface area is 176 Å². The van der Waals surface area contributed by atoms with Gasteiger partial charge in [-0.15, -0.1) is 0 Å². The Kier molecular flexibility index (Phi) is 5.78. The lowest BCUT2D eigenvalue weighted by molar-refractivity contribution is -0.157. The monoisotopic (exact) mass is 427 g/mol. The van der Waals surface area contributed by atoms with E-state index in [2.05, 4.69) is 15.3 Å². The molecule has 0 spiro atoms. The molecule has 1 aliphatic heterocycles. The maximum absolute atomic E-state index is 13.4. The molecule has 31 heavy (non-hydrogen) atoms. The van der Waals surface area contributed by atoms with Gasteiger partial charge in [-0.1, -0.05) is 22.4 Å². The number of esters is 1. The van der Waals surface area contributed by atoms with Gasteiger partial charge < -0.3 is 23.6 Å². The number of nitrogens with zero attached hydrogens (tertiary/aromatic N) is 3. The second-order valence-corrected chi connectivity index (χ2v) is 6.53. The van der Waals surface area contributed by atoms with Crippen molar-refractivity contribution in [2.24, 2.45) is 5.16 Å². The van der Waals surface area contributed by atoms with Crippen LogP contribution in [-0.4, -0.2) is 42.1 Å². The topological polar surface area (TPSA) is 105 Å². The minimum absolute atomic E-state index is 0.102. The van der Waals surface area contributed by atoms with Crippen LogP contribution in [-0.2, 0) is 21.0 Å². The first-order chi connectivity index (χ1) is 15.1. The molecule has 2 aromatic carbocycles. The number of carbonyl (C=O) groups is 1. The number of rotatable bonds is 7. The van der Waals surface area contributed by atoms with Crippen molar-refractivity contribution in [1.82, 2.24) is 10.1 Å². The van der Waals surface area contributed by atoms with E-state index < -0.39 is 17.9 Å². The van der Waals surface area contributed by atoms with E-state index in [1.807, 2.05) is 0 Å². The largest absolute Gasteiger partial charge is 0.497 e. The fourth-order valence-electron chi connectivity index (χ4n) is 2.97. The Hall–Kier alpha value is -3.95. The molecule has 1 unspecified atom stereocenters. The smallest absolute Gasteiger partial charge is 0.351 e. The number of aromatic nitrogens is 2. The van der Waals surface area contributed by atoms with Crippen LogP contribution in [0.5, 0.6) is 11.5 Å². The third kappa shape index (κ3) is 4.47. The second-order valence-electron chi connectivity index (χ2n) is 6.53. The summed E-state index contributed by atoms with van der Waals surface area (Å²) in [6.45, 7) is -0.237. The standard InChI is InChI=1S/C21H18FN3O6/c1-27-14-6-7-15(17(9-14)28-2)20-23-19(31-25-20)11-29-21(26)18-10-16(24-30-18)12-4-3-5-13(22)8-12/h3-9,18H,10-11H2,1-2H3. The fraction of sp³-hybridized carbons (Fsp3) is 0.238. The summed E-state index contributed by atoms with van der Waals surface area (Å²) in [5, 5.41) is 7.75. The van der Waals surface area contributed by atoms with E-state index >= 15 is 0 Å². The van der Waals surface area contributed by atoms with Crippen LogP contribution in [0, 0.1) is 5.82 Å². The minimum Gasteiger partial charge on any atom is -0.497 e. The van der Waals surface area contributed by atoms with Crippen LogP contribution in [0.15, 0.2) is 52.1 Å². The van der Waals surface area contributed by atoms with E-state index in [-0.39, 0.29) is 24.7 Å². The molecule has 9 nitrogen and oxygen atoms in total. The average molecular weight is 427 g/mol. The van der Waals surface area contributed by atoms with Gasteiger partial charge in [0.15, 0.2) is 6.61 Å². The van der Waals surface area contributed by atoms with Gasteiger partial charge in [0.05, 0.1) is 25.5 Å². The summed E-state index contributed by atoms with van der Waals surface area (Å²) in [5.41, 5.74) is 1.61. The summed E-state index contributed by atoms with van der Waals surface area (Å²) < 4.78 is 34.2. The number of benzene rings is 2. The first-order valence-corrected chi connectivity index (χ1v) is 9.27. The predicted molar refractivity (Wildman–Crippen MR) is 105 cm³/mol. The zero-order chi connectivity index (χ0) is 21.8. The molecule has 0 radical (unpaired) electrons. The van der Waals surface area contributed by atoms with Crippen LogP contribution < -0.4 is 9.47 Å². The number of methoxy groups -OCH3 is 2. The lowest BCUT2D eigenvalue weighted by Crippen LogP contribution is -2.23. The van der Waals surface area contributed by atoms with Gasteiger partial charge in [0.1, 0.15) is 17.3 Å². The van der Waals surface area contributed by atoms with Gasteiger partial charge in [0, 0.05) is 18.1 Å². The number of hydrogen-bond donors (Lipinski definition) is 0. The van der Waals surface area contributed by atoms with Crippen LogP contribution >= 0.6 is 0 Å². The van der Waals surface area contributed by atoms with Gasteiger partial charge >= 0.3 is 5.97 Å². The molecule has 160 valence electrons. The van der Waals surface area contributed by atoms with Crippen LogP contribution in [0.3, 0.4) is 0 Å². The van der Waals surface area contributed by atoms with Gasteiger partial charge in [0.2, 0.25) is 11.9 Å². The van der Waals surface area contributed by atoms with E-state index in [9.17, 15) is 9.18 Å². The number of halogens is 1. The van der Waals surface area contributed by atoms with E-state index in [0.29, 0.717) is 28.3 Å². The number of hydrogen-bond acceptors (Lipinski definition) is 9. The molecule has 1 aliphatic rings. The highest BCUT2D eigenvalue weighted by atomic mass is 19.1. The highest BCUT2D eigenvalue weighted by Gasteiger charge is 2.31. The number of carbonyl (C=O) groups excluding carboxylic acids is 1. The van der Waals surface area contributed by atoms with Crippen molar-refractivity contribution >= 4 is 11.7 Å². The molecule has 4 rings (SSSR count). The summed E-state index contributed by atoms with van der Waals surface area (Å²) in [5.74, 6) is 0.466. The Morgan fingerprint density at radius 3 is 2.84 bits per heavy atom. The zero-order valence-corrected chi connectivity index (χ0v) is 16.7. The SMILES string of the molecule is COc1ccc(-c2noc(COC(=O)C3CC(c4cccc(F)c4)=NO3)n2)c(OC)c1. The molecule has 0 amide bonds. The van der Waals surface area contributed by atoms with Gasteiger partial charge in [0.25, 0.3) is 5.89 Å². The molecule has 0 N–H and O–H groups in total. The average Bonchev–Trinajstić information content (AvgIpc) is 3.47. The Bertz CT molecular complexity index is 1130. The maximum atomic E-state index is 13.4. The highest BCUT2D eigenvalue weighted by Crippen LogP contribution is 2.31. The molecule has 3 aromatic rings. The zero-order valence-electron chi connectivity index (χ0n) is 16.7. The predicted octanol–water partition coefficient (Wildman–Crippen LogP) is 3.13. The Balaban J connectivity index is 1.36. The molecule has 1 aromatic heterocycles. The lowest BCUT2D eigenvalue weighted by Gasteiger charge is -2.07. The van der Waals surface area contributed by atoms with Gasteiger partial charge in [-0.3, -0.25) is 0 Å². The molecule has 1 atom stereocenters. The van der Waals surface area contributed by atoms with Crippen LogP contribution in [0.2, 0.25) is 0 Å². The summed E-state index contributed by atoms with van der Waals surface area (Å²) in [4.78, 5) is 21.7. The second kappa shape index (κ2) is 8.82. The number of ether oxygens (including phenoxy) is 3. The van der Waals surface area contributed by atoms with Crippen molar-refractivity contribution in [3.63, 3.8) is 0 Å². The van der Waals surface area contributed by atoms with Gasteiger partial charge in [-0.05, 0) is 24.3 Å². The molecule has 10 heteroatoms. The van der Waals surface area contributed by atoms with Crippen LogP contribution in [0.4, 0.5) is 4.39 Å². The number of oxime groups is 1. The molecule has 0 aliphatic carbocycles. The molecule has 0 saturated heterocycles. The summed E-state index contributed by atoms with van der Waals surface area (Å²) in [7, 11) is 3.07. The van der Waals surface area contributed by atoms with Gasteiger partial charge in [-0.2, -0.15) is 4.98 Å². The van der Waals surface area contributed by atoms with Crippen molar-refractivity contribution in [1.29, 1.82) is 0 Å². The quantitative estimate of drug-likeness (QED) is 0.530. The normalized spacial score (nSPS) is 15.2. The first kappa shape index (κ1) is 20.3. The fourth-order valence-corrected chi connectivity index (χ4v) is 2.97. The Morgan fingerprint density at radius 2 is 2.06 bits per heavy atom.